The standard InChI is InChI=1S/C15H16N2O6S2.C8H9NO5.2Na/c1-15(2)9(14(22)23)17-11(19)8(12(17)25-15)16-10(18)7(13(20)21)6-3-4-24-5-6;10-2-1-4-7(8(12)13)9-5(11)3-6(9)14-4;;/h3-5,7-9,12H,1-2H3,(H,16,18)(H,20,21)(H,22,23);1,6-7,10H,2-3H2,(H,12,13);;/q;;2*+1/p-2/b;4-1-;;/t7-,8-,9+,12-;6-,7-;;/m11../s1. The van der Waals surface area contributed by atoms with E-state index in [1.807, 2.05) is 0 Å². The average Bonchev–Trinajstić information content (AvgIpc) is 3.52. The predicted octanol–water partition coefficient (Wildman–Crippen LogP) is -8.23. The maximum atomic E-state index is 12.3. The number of carboxylic acid groups (broad SMARTS) is 3. The summed E-state index contributed by atoms with van der Waals surface area (Å²) in [6.07, 6.45) is 1.03. The molecule has 4 aliphatic rings. The van der Waals surface area contributed by atoms with Gasteiger partial charge in [-0.3, -0.25) is 19.5 Å². The summed E-state index contributed by atoms with van der Waals surface area (Å²) in [5, 5.41) is 53.0. The molecule has 3 N–H and O–H groups in total. The first-order chi connectivity index (χ1) is 18.3. The summed E-state index contributed by atoms with van der Waals surface area (Å²) < 4.78 is 4.43. The number of aliphatic hydroxyl groups is 1. The third-order valence-electron chi connectivity index (χ3n) is 6.57. The number of hydrogen-bond donors (Lipinski definition) is 3. The Kier molecular flexibility index (Phi) is 11.9. The molecule has 0 aromatic carbocycles. The van der Waals surface area contributed by atoms with Crippen LogP contribution >= 0.6 is 23.1 Å². The number of nitrogens with zero attached hydrogens (tertiary/aromatic N) is 3. The Labute approximate surface area is 286 Å². The summed E-state index contributed by atoms with van der Waals surface area (Å²) in [6, 6.07) is -1.65. The fraction of sp³-hybridized carbons (Fsp3) is 0.478. The van der Waals surface area contributed by atoms with Crippen molar-refractivity contribution in [3.05, 3.63) is 34.2 Å². The van der Waals surface area contributed by atoms with E-state index < -0.39 is 70.1 Å². The van der Waals surface area contributed by atoms with Gasteiger partial charge in [0.25, 0.3) is 5.91 Å². The molecular formula is C23H23N3Na2O11S2. The zero-order chi connectivity index (χ0) is 28.8. The van der Waals surface area contributed by atoms with Crippen molar-refractivity contribution in [3.8, 4) is 0 Å². The fourth-order valence-electron chi connectivity index (χ4n) is 4.80. The molecule has 1 aromatic rings. The zero-order valence-electron chi connectivity index (χ0n) is 22.5. The molecule has 2 amide bonds. The van der Waals surface area contributed by atoms with E-state index in [-0.39, 0.29) is 89.4 Å². The number of carbonyl (C=O) groups excluding carboxylic acids is 3. The van der Waals surface area contributed by atoms with Gasteiger partial charge in [0.15, 0.2) is 18.3 Å². The Balaban J connectivity index is 0.000000314. The van der Waals surface area contributed by atoms with Gasteiger partial charge in [-0.25, -0.2) is 9.59 Å². The van der Waals surface area contributed by atoms with E-state index in [4.69, 9.17) is 14.9 Å². The summed E-state index contributed by atoms with van der Waals surface area (Å²) >= 11 is 2.47. The number of β-lactam (4-membered cyclic amide) rings is 2. The third-order valence-corrected chi connectivity index (χ3v) is 8.82. The minimum Gasteiger partial charge on any atom is -0.861 e. The predicted molar refractivity (Wildman–Crippen MR) is 130 cm³/mol. The van der Waals surface area contributed by atoms with Crippen molar-refractivity contribution >= 4 is 58.7 Å². The number of aliphatic imine (C=N–C) groups is 1. The van der Waals surface area contributed by atoms with Gasteiger partial charge < -0.3 is 40.0 Å². The molecule has 0 spiro atoms. The van der Waals surface area contributed by atoms with Crippen molar-refractivity contribution in [1.82, 2.24) is 9.80 Å². The molecule has 0 radical (unpaired) electrons. The molecule has 0 saturated carbocycles. The van der Waals surface area contributed by atoms with Gasteiger partial charge in [-0.2, -0.15) is 11.3 Å². The van der Waals surface area contributed by atoms with Crippen LogP contribution in [-0.2, 0) is 28.7 Å². The van der Waals surface area contributed by atoms with E-state index in [1.165, 1.54) is 50.4 Å². The number of carboxylic acids is 3. The van der Waals surface area contributed by atoms with Crippen LogP contribution in [0.4, 0.5) is 0 Å². The average molecular weight is 628 g/mol. The second kappa shape index (κ2) is 13.8. The summed E-state index contributed by atoms with van der Waals surface area (Å²) in [7, 11) is 0. The van der Waals surface area contributed by atoms with Gasteiger partial charge in [0.2, 0.25) is 5.91 Å². The molecule has 4 aliphatic heterocycles. The van der Waals surface area contributed by atoms with Crippen LogP contribution in [0.25, 0.3) is 0 Å². The van der Waals surface area contributed by atoms with E-state index in [0.29, 0.717) is 0 Å². The maximum Gasteiger partial charge on any atom is 1.00 e. The number of carbonyl (C=O) groups is 5. The van der Waals surface area contributed by atoms with Crippen LogP contribution in [0.15, 0.2) is 33.7 Å². The Hall–Kier alpha value is -1.63. The SMILES string of the molecule is CC1(C)S[C@@H]2[C@H](N=C([O-])[C@H](C(=O)[O-])c3ccsc3)C(=O)N2[C@H]1C(=O)O.O=C(O)[C@H]1/C(=C/CO)O[C@@H]2CC(=O)N21.[Na+].[Na+]. The van der Waals surface area contributed by atoms with Crippen LogP contribution in [0.5, 0.6) is 0 Å². The Morgan fingerprint density at radius 1 is 1.20 bits per heavy atom. The molecule has 14 nitrogen and oxygen atoms in total. The first-order valence-electron chi connectivity index (χ1n) is 11.5. The molecule has 6 atom stereocenters. The number of ether oxygens (including phenoxy) is 1. The van der Waals surface area contributed by atoms with Crippen LogP contribution in [0.2, 0.25) is 0 Å². The topological polar surface area (TPSA) is 220 Å². The van der Waals surface area contributed by atoms with Crippen molar-refractivity contribution in [1.29, 1.82) is 0 Å². The number of thioether (sulfide) groups is 1. The van der Waals surface area contributed by atoms with Gasteiger partial charge in [-0.1, -0.05) is 0 Å². The van der Waals surface area contributed by atoms with E-state index in [9.17, 15) is 39.3 Å². The monoisotopic (exact) mass is 627 g/mol. The molecule has 41 heavy (non-hydrogen) atoms. The minimum atomic E-state index is -1.58. The normalized spacial score (nSPS) is 28.8. The molecule has 0 bridgehead atoms. The van der Waals surface area contributed by atoms with Crippen LogP contribution in [0.3, 0.4) is 0 Å². The molecule has 4 saturated heterocycles. The number of aliphatic carboxylic acids is 3. The Bertz CT molecular complexity index is 1270. The molecule has 5 heterocycles. The van der Waals surface area contributed by atoms with Crippen molar-refractivity contribution in [2.45, 2.75) is 60.7 Å². The van der Waals surface area contributed by atoms with Crippen LogP contribution in [0.1, 0.15) is 31.7 Å². The van der Waals surface area contributed by atoms with Gasteiger partial charge in [0.1, 0.15) is 17.2 Å². The van der Waals surface area contributed by atoms with Gasteiger partial charge in [0, 0.05) is 4.75 Å². The second-order valence-corrected chi connectivity index (χ2v) is 12.0. The van der Waals surface area contributed by atoms with E-state index in [1.54, 1.807) is 19.2 Å². The number of hydrogen-bond acceptors (Lipinski definition) is 12. The van der Waals surface area contributed by atoms with Crippen LogP contribution < -0.4 is 69.3 Å². The summed E-state index contributed by atoms with van der Waals surface area (Å²) in [5.74, 6) is -7.04. The number of thiophene rings is 1. The van der Waals surface area contributed by atoms with E-state index >= 15 is 0 Å². The molecule has 210 valence electrons. The molecular weight excluding hydrogens is 604 g/mol. The van der Waals surface area contributed by atoms with Crippen molar-refractivity contribution < 1.29 is 113 Å². The number of amides is 2. The Morgan fingerprint density at radius 3 is 2.34 bits per heavy atom. The summed E-state index contributed by atoms with van der Waals surface area (Å²) in [6.45, 7) is 3.11. The van der Waals surface area contributed by atoms with Crippen molar-refractivity contribution in [2.24, 2.45) is 4.99 Å². The van der Waals surface area contributed by atoms with Crippen molar-refractivity contribution in [2.75, 3.05) is 6.61 Å². The molecule has 4 fully saturated rings. The van der Waals surface area contributed by atoms with Gasteiger partial charge in [0.05, 0.1) is 24.9 Å². The minimum absolute atomic E-state index is 0. The third kappa shape index (κ3) is 6.65. The first kappa shape index (κ1) is 35.6. The van der Waals surface area contributed by atoms with E-state index in [0.717, 1.165) is 0 Å². The van der Waals surface area contributed by atoms with Crippen LogP contribution in [0, 0.1) is 0 Å². The fourth-order valence-corrected chi connectivity index (χ4v) is 7.10. The molecule has 1 aromatic heterocycles. The van der Waals surface area contributed by atoms with Crippen molar-refractivity contribution in [3.63, 3.8) is 0 Å². The number of fused-ring (bicyclic) bond motifs is 2. The molecule has 0 unspecified atom stereocenters. The number of rotatable bonds is 7. The Morgan fingerprint density at radius 2 is 1.85 bits per heavy atom. The van der Waals surface area contributed by atoms with Gasteiger partial charge >= 0.3 is 71.1 Å². The number of aliphatic hydroxyl groups excluding tert-OH is 1. The summed E-state index contributed by atoms with van der Waals surface area (Å²) in [5.41, 5.74) is 0.255. The second-order valence-electron chi connectivity index (χ2n) is 9.43. The molecule has 18 heteroatoms. The zero-order valence-corrected chi connectivity index (χ0v) is 28.1. The maximum absolute atomic E-state index is 12.3. The largest absolute Gasteiger partial charge is 1.00 e. The smallest absolute Gasteiger partial charge is 0.861 e. The molecule has 5 rings (SSSR count). The summed E-state index contributed by atoms with van der Waals surface area (Å²) in [4.78, 5) is 63.1. The first-order valence-corrected chi connectivity index (χ1v) is 13.3. The molecule has 0 aliphatic carbocycles. The quantitative estimate of drug-likeness (QED) is 0.111. The van der Waals surface area contributed by atoms with E-state index in [2.05, 4.69) is 4.99 Å². The van der Waals surface area contributed by atoms with Gasteiger partial charge in [-0.15, -0.1) is 11.8 Å². The van der Waals surface area contributed by atoms with Gasteiger partial charge in [-0.05, 0) is 48.2 Å². The van der Waals surface area contributed by atoms with Crippen LogP contribution in [-0.4, -0.2) is 102 Å².